The van der Waals surface area contributed by atoms with Crippen LogP contribution in [0, 0.1) is 12.7 Å². The SMILES string of the molecule is Cc1ccc(C(=O)c2cnc3ccccc3c2)cc1F. The largest absolute Gasteiger partial charge is 0.289 e. The van der Waals surface area contributed by atoms with Crippen molar-refractivity contribution in [1.29, 1.82) is 0 Å². The van der Waals surface area contributed by atoms with Crippen molar-refractivity contribution >= 4 is 16.7 Å². The highest BCUT2D eigenvalue weighted by molar-refractivity contribution is 6.10. The quantitative estimate of drug-likeness (QED) is 0.657. The normalized spacial score (nSPS) is 10.7. The van der Waals surface area contributed by atoms with E-state index in [9.17, 15) is 9.18 Å². The van der Waals surface area contributed by atoms with E-state index in [1.54, 1.807) is 25.1 Å². The third kappa shape index (κ3) is 2.18. The van der Waals surface area contributed by atoms with Gasteiger partial charge in [0.2, 0.25) is 0 Å². The van der Waals surface area contributed by atoms with Crippen molar-refractivity contribution in [1.82, 2.24) is 4.98 Å². The number of hydrogen-bond acceptors (Lipinski definition) is 2. The Morgan fingerprint density at radius 2 is 1.85 bits per heavy atom. The lowest BCUT2D eigenvalue weighted by Crippen LogP contribution is -2.03. The lowest BCUT2D eigenvalue weighted by Gasteiger charge is -2.04. The summed E-state index contributed by atoms with van der Waals surface area (Å²) in [5, 5.41) is 0.894. The van der Waals surface area contributed by atoms with Crippen LogP contribution in [-0.2, 0) is 0 Å². The van der Waals surface area contributed by atoms with Gasteiger partial charge >= 0.3 is 0 Å². The zero-order chi connectivity index (χ0) is 14.1. The van der Waals surface area contributed by atoms with Gasteiger partial charge in [-0.2, -0.15) is 0 Å². The minimum atomic E-state index is -0.371. The molecule has 1 heterocycles. The second-order valence-electron chi connectivity index (χ2n) is 4.71. The van der Waals surface area contributed by atoms with Gasteiger partial charge in [0.25, 0.3) is 0 Å². The average molecular weight is 265 g/mol. The fourth-order valence-electron chi connectivity index (χ4n) is 2.10. The molecule has 0 aliphatic heterocycles. The smallest absolute Gasteiger partial charge is 0.194 e. The van der Waals surface area contributed by atoms with Crippen LogP contribution in [0.1, 0.15) is 21.5 Å². The molecule has 0 fully saturated rings. The number of rotatable bonds is 2. The predicted octanol–water partition coefficient (Wildman–Crippen LogP) is 3.91. The topological polar surface area (TPSA) is 30.0 Å². The van der Waals surface area contributed by atoms with Gasteiger partial charge in [-0.25, -0.2) is 4.39 Å². The summed E-state index contributed by atoms with van der Waals surface area (Å²) in [5.41, 5.74) is 2.16. The molecule has 0 amide bonds. The van der Waals surface area contributed by atoms with Crippen LogP contribution < -0.4 is 0 Å². The van der Waals surface area contributed by atoms with Crippen LogP contribution in [0.15, 0.2) is 54.7 Å². The Labute approximate surface area is 115 Å². The molecule has 1 aromatic heterocycles. The molecule has 2 aromatic carbocycles. The lowest BCUT2D eigenvalue weighted by atomic mass is 10.0. The molecule has 0 atom stereocenters. The van der Waals surface area contributed by atoms with Gasteiger partial charge in [-0.3, -0.25) is 9.78 Å². The molecule has 0 bridgehead atoms. The number of aryl methyl sites for hydroxylation is 1. The van der Waals surface area contributed by atoms with E-state index >= 15 is 0 Å². The Hall–Kier alpha value is -2.55. The molecule has 3 rings (SSSR count). The van der Waals surface area contributed by atoms with Crippen molar-refractivity contribution in [3.05, 3.63) is 77.2 Å². The molecule has 2 nitrogen and oxygen atoms in total. The number of halogens is 1. The summed E-state index contributed by atoms with van der Waals surface area (Å²) < 4.78 is 13.5. The lowest BCUT2D eigenvalue weighted by molar-refractivity contribution is 0.103. The monoisotopic (exact) mass is 265 g/mol. The fourth-order valence-corrected chi connectivity index (χ4v) is 2.10. The number of para-hydroxylation sites is 1. The first-order valence-corrected chi connectivity index (χ1v) is 6.31. The van der Waals surface area contributed by atoms with Crippen molar-refractivity contribution in [3.8, 4) is 0 Å². The first-order valence-electron chi connectivity index (χ1n) is 6.31. The van der Waals surface area contributed by atoms with Crippen LogP contribution in [0.5, 0.6) is 0 Å². The number of hydrogen-bond donors (Lipinski definition) is 0. The summed E-state index contributed by atoms with van der Waals surface area (Å²) >= 11 is 0. The van der Waals surface area contributed by atoms with Crippen LogP contribution in [-0.4, -0.2) is 10.8 Å². The van der Waals surface area contributed by atoms with Gasteiger partial charge in [0.05, 0.1) is 5.52 Å². The third-order valence-electron chi connectivity index (χ3n) is 3.29. The van der Waals surface area contributed by atoms with Crippen molar-refractivity contribution in [2.24, 2.45) is 0 Å². The van der Waals surface area contributed by atoms with Crippen LogP contribution in [0.2, 0.25) is 0 Å². The summed E-state index contributed by atoms with van der Waals surface area (Å²) in [5.74, 6) is -0.591. The highest BCUT2D eigenvalue weighted by Gasteiger charge is 2.12. The Balaban J connectivity index is 2.05. The molecule has 0 radical (unpaired) electrons. The first-order chi connectivity index (χ1) is 9.65. The minimum Gasteiger partial charge on any atom is -0.289 e. The van der Waals surface area contributed by atoms with E-state index in [1.807, 2.05) is 24.3 Å². The Kier molecular flexibility index (Phi) is 3.03. The van der Waals surface area contributed by atoms with Gasteiger partial charge in [-0.1, -0.05) is 30.3 Å². The van der Waals surface area contributed by atoms with E-state index < -0.39 is 0 Å². The second-order valence-corrected chi connectivity index (χ2v) is 4.71. The average Bonchev–Trinajstić information content (AvgIpc) is 2.49. The van der Waals surface area contributed by atoms with Crippen LogP contribution in [0.25, 0.3) is 10.9 Å². The predicted molar refractivity (Wildman–Crippen MR) is 76.3 cm³/mol. The molecule has 0 saturated heterocycles. The molecule has 20 heavy (non-hydrogen) atoms. The standard InChI is InChI=1S/C17H12FNO/c1-11-6-7-13(9-15(11)18)17(20)14-8-12-4-2-3-5-16(12)19-10-14/h2-10H,1H3. The molecule has 0 spiro atoms. The number of pyridine rings is 1. The fraction of sp³-hybridized carbons (Fsp3) is 0.0588. The minimum absolute atomic E-state index is 0.220. The maximum Gasteiger partial charge on any atom is 0.194 e. The highest BCUT2D eigenvalue weighted by atomic mass is 19.1. The van der Waals surface area contributed by atoms with E-state index in [4.69, 9.17) is 0 Å². The number of ketones is 1. The number of carbonyl (C=O) groups excluding carboxylic acids is 1. The molecule has 3 heteroatoms. The molecule has 0 aliphatic carbocycles. The molecular formula is C17H12FNO. The van der Waals surface area contributed by atoms with Crippen molar-refractivity contribution in [2.75, 3.05) is 0 Å². The maximum atomic E-state index is 13.5. The van der Waals surface area contributed by atoms with Crippen LogP contribution in [0.4, 0.5) is 4.39 Å². The number of benzene rings is 2. The molecule has 0 N–H and O–H groups in total. The summed E-state index contributed by atoms with van der Waals surface area (Å²) in [6.45, 7) is 1.67. The number of fused-ring (bicyclic) bond motifs is 1. The van der Waals surface area contributed by atoms with Crippen molar-refractivity contribution in [2.45, 2.75) is 6.92 Å². The summed E-state index contributed by atoms with van der Waals surface area (Å²) in [6, 6.07) is 13.9. The summed E-state index contributed by atoms with van der Waals surface area (Å²) in [7, 11) is 0. The van der Waals surface area contributed by atoms with Crippen LogP contribution >= 0.6 is 0 Å². The summed E-state index contributed by atoms with van der Waals surface area (Å²) in [4.78, 5) is 16.6. The maximum absolute atomic E-state index is 13.5. The van der Waals surface area contributed by atoms with E-state index in [0.717, 1.165) is 10.9 Å². The van der Waals surface area contributed by atoms with Crippen molar-refractivity contribution < 1.29 is 9.18 Å². The Morgan fingerprint density at radius 3 is 2.65 bits per heavy atom. The van der Waals surface area contributed by atoms with E-state index in [1.165, 1.54) is 12.3 Å². The number of nitrogens with zero attached hydrogens (tertiary/aromatic N) is 1. The Bertz CT molecular complexity index is 811. The van der Waals surface area contributed by atoms with Gasteiger partial charge in [0.1, 0.15) is 5.82 Å². The van der Waals surface area contributed by atoms with Gasteiger partial charge in [-0.15, -0.1) is 0 Å². The van der Waals surface area contributed by atoms with E-state index in [0.29, 0.717) is 16.7 Å². The molecule has 98 valence electrons. The molecule has 3 aromatic rings. The zero-order valence-corrected chi connectivity index (χ0v) is 10.9. The number of carbonyl (C=O) groups is 1. The van der Waals surface area contributed by atoms with E-state index in [-0.39, 0.29) is 11.6 Å². The zero-order valence-electron chi connectivity index (χ0n) is 10.9. The van der Waals surface area contributed by atoms with Gasteiger partial charge in [0.15, 0.2) is 5.78 Å². The third-order valence-corrected chi connectivity index (χ3v) is 3.29. The molecule has 0 saturated carbocycles. The molecule has 0 aliphatic rings. The Morgan fingerprint density at radius 1 is 1.05 bits per heavy atom. The first kappa shape index (κ1) is 12.5. The van der Waals surface area contributed by atoms with Crippen LogP contribution in [0.3, 0.4) is 0 Å². The van der Waals surface area contributed by atoms with Gasteiger partial charge < -0.3 is 0 Å². The molecular weight excluding hydrogens is 253 g/mol. The van der Waals surface area contributed by atoms with E-state index in [2.05, 4.69) is 4.98 Å². The van der Waals surface area contributed by atoms with Gasteiger partial charge in [-0.05, 0) is 30.7 Å². The molecule has 0 unspecified atom stereocenters. The highest BCUT2D eigenvalue weighted by Crippen LogP contribution is 2.17. The summed E-state index contributed by atoms with van der Waals surface area (Å²) in [6.07, 6.45) is 1.53. The van der Waals surface area contributed by atoms with Gasteiger partial charge in [0, 0.05) is 22.7 Å². The number of aromatic nitrogens is 1. The second kappa shape index (κ2) is 4.85. The van der Waals surface area contributed by atoms with Crippen molar-refractivity contribution in [3.63, 3.8) is 0 Å².